The Morgan fingerprint density at radius 3 is 2.48 bits per heavy atom. The first-order chi connectivity index (χ1) is 13.9. The SMILES string of the molecule is CC(C)(C)c1cnc(C(=O)N2CCN(Cc3ccccc3)C3(CCCCC3)C2)o1. The first-order valence-electron chi connectivity index (χ1n) is 10.9. The van der Waals surface area contributed by atoms with Gasteiger partial charge in [-0.05, 0) is 18.4 Å². The molecule has 156 valence electrons. The van der Waals surface area contributed by atoms with Crippen LogP contribution in [0.2, 0.25) is 0 Å². The Balaban J connectivity index is 1.53. The van der Waals surface area contributed by atoms with E-state index >= 15 is 0 Å². The molecular weight excluding hydrogens is 362 g/mol. The fourth-order valence-corrected chi connectivity index (χ4v) is 4.78. The fraction of sp³-hybridized carbons (Fsp3) is 0.583. The fourth-order valence-electron chi connectivity index (χ4n) is 4.78. The highest BCUT2D eigenvalue weighted by molar-refractivity contribution is 5.89. The maximum Gasteiger partial charge on any atom is 0.309 e. The zero-order valence-electron chi connectivity index (χ0n) is 18.0. The van der Waals surface area contributed by atoms with Gasteiger partial charge in [-0.25, -0.2) is 4.98 Å². The molecule has 1 amide bonds. The van der Waals surface area contributed by atoms with Crippen LogP contribution in [0.25, 0.3) is 0 Å². The number of amides is 1. The summed E-state index contributed by atoms with van der Waals surface area (Å²) in [5.41, 5.74) is 1.27. The van der Waals surface area contributed by atoms with Crippen molar-refractivity contribution >= 4 is 5.91 Å². The van der Waals surface area contributed by atoms with Crippen molar-refractivity contribution in [2.75, 3.05) is 19.6 Å². The van der Waals surface area contributed by atoms with Crippen LogP contribution in [0.15, 0.2) is 40.9 Å². The van der Waals surface area contributed by atoms with Crippen LogP contribution in [0.3, 0.4) is 0 Å². The summed E-state index contributed by atoms with van der Waals surface area (Å²) in [7, 11) is 0. The molecule has 4 rings (SSSR count). The molecule has 2 fully saturated rings. The molecular formula is C24H33N3O2. The Kier molecular flexibility index (Phi) is 5.52. The summed E-state index contributed by atoms with van der Waals surface area (Å²) in [5, 5.41) is 0. The molecule has 1 aromatic heterocycles. The third-order valence-electron chi connectivity index (χ3n) is 6.51. The summed E-state index contributed by atoms with van der Waals surface area (Å²) in [6, 6.07) is 10.7. The van der Waals surface area contributed by atoms with Crippen molar-refractivity contribution in [2.24, 2.45) is 0 Å². The van der Waals surface area contributed by atoms with Gasteiger partial charge in [-0.3, -0.25) is 9.69 Å². The normalized spacial score (nSPS) is 20.2. The van der Waals surface area contributed by atoms with Gasteiger partial charge < -0.3 is 9.32 Å². The third kappa shape index (κ3) is 4.25. The molecule has 0 bridgehead atoms. The molecule has 0 unspecified atom stereocenters. The van der Waals surface area contributed by atoms with Crippen molar-refractivity contribution in [1.82, 2.24) is 14.8 Å². The highest BCUT2D eigenvalue weighted by Crippen LogP contribution is 2.38. The van der Waals surface area contributed by atoms with Gasteiger partial charge in [0.25, 0.3) is 5.89 Å². The number of carbonyl (C=O) groups excluding carboxylic acids is 1. The van der Waals surface area contributed by atoms with Gasteiger partial charge in [0, 0.05) is 37.1 Å². The predicted molar refractivity (Wildman–Crippen MR) is 114 cm³/mol. The Hall–Kier alpha value is -2.14. The summed E-state index contributed by atoms with van der Waals surface area (Å²) in [4.78, 5) is 22.1. The van der Waals surface area contributed by atoms with Crippen molar-refractivity contribution < 1.29 is 9.21 Å². The minimum absolute atomic E-state index is 0.0650. The third-order valence-corrected chi connectivity index (χ3v) is 6.51. The molecule has 2 aromatic rings. The van der Waals surface area contributed by atoms with E-state index in [0.29, 0.717) is 0 Å². The standard InChI is InChI=1S/C24H33N3O2/c1-23(2,3)20-16-25-21(29-20)22(28)26-14-15-27(17-19-10-6-4-7-11-19)24(18-26)12-8-5-9-13-24/h4,6-7,10-11,16H,5,8-9,12-15,17-18H2,1-3H3. The number of piperazine rings is 1. The molecule has 5 heteroatoms. The molecule has 1 saturated heterocycles. The number of hydrogen-bond acceptors (Lipinski definition) is 4. The van der Waals surface area contributed by atoms with Gasteiger partial charge in [0.1, 0.15) is 5.76 Å². The lowest BCUT2D eigenvalue weighted by Gasteiger charge is -2.52. The van der Waals surface area contributed by atoms with Crippen LogP contribution in [0.1, 0.15) is 74.9 Å². The molecule has 1 saturated carbocycles. The number of benzene rings is 1. The zero-order valence-corrected chi connectivity index (χ0v) is 18.0. The first-order valence-corrected chi connectivity index (χ1v) is 10.9. The Morgan fingerprint density at radius 2 is 1.83 bits per heavy atom. The highest BCUT2D eigenvalue weighted by Gasteiger charge is 2.44. The molecule has 1 spiro atoms. The van der Waals surface area contributed by atoms with Gasteiger partial charge in [0.15, 0.2) is 0 Å². The summed E-state index contributed by atoms with van der Waals surface area (Å²) in [6.07, 6.45) is 7.78. The quantitative estimate of drug-likeness (QED) is 0.760. The average molecular weight is 396 g/mol. The lowest BCUT2D eigenvalue weighted by Crippen LogP contribution is -2.63. The molecule has 1 aliphatic heterocycles. The van der Waals surface area contributed by atoms with Crippen LogP contribution in [0, 0.1) is 0 Å². The van der Waals surface area contributed by atoms with Gasteiger partial charge in [-0.1, -0.05) is 70.4 Å². The molecule has 1 aliphatic carbocycles. The smallest absolute Gasteiger partial charge is 0.309 e. The summed E-state index contributed by atoms with van der Waals surface area (Å²) < 4.78 is 5.85. The van der Waals surface area contributed by atoms with Crippen molar-refractivity contribution in [2.45, 2.75) is 70.4 Å². The van der Waals surface area contributed by atoms with E-state index in [-0.39, 0.29) is 22.8 Å². The zero-order chi connectivity index (χ0) is 20.5. The van der Waals surface area contributed by atoms with E-state index < -0.39 is 0 Å². The lowest BCUT2D eigenvalue weighted by atomic mass is 9.78. The number of rotatable bonds is 3. The van der Waals surface area contributed by atoms with Crippen LogP contribution < -0.4 is 0 Å². The highest BCUT2D eigenvalue weighted by atomic mass is 16.4. The average Bonchev–Trinajstić information content (AvgIpc) is 3.21. The molecule has 5 nitrogen and oxygen atoms in total. The van der Waals surface area contributed by atoms with Gasteiger partial charge in [-0.2, -0.15) is 0 Å². The van der Waals surface area contributed by atoms with E-state index in [9.17, 15) is 4.79 Å². The number of hydrogen-bond donors (Lipinski definition) is 0. The first kappa shape index (κ1) is 20.1. The van der Waals surface area contributed by atoms with Gasteiger partial charge in [0.05, 0.1) is 6.20 Å². The number of aromatic nitrogens is 1. The van der Waals surface area contributed by atoms with Gasteiger partial charge >= 0.3 is 5.91 Å². The molecule has 2 aliphatic rings. The molecule has 2 heterocycles. The second-order valence-electron chi connectivity index (χ2n) is 9.70. The van der Waals surface area contributed by atoms with E-state index in [1.165, 1.54) is 24.8 Å². The van der Waals surface area contributed by atoms with Crippen molar-refractivity contribution in [3.63, 3.8) is 0 Å². The maximum atomic E-state index is 13.2. The molecule has 29 heavy (non-hydrogen) atoms. The second kappa shape index (κ2) is 7.94. The van der Waals surface area contributed by atoms with Crippen LogP contribution in [-0.2, 0) is 12.0 Å². The van der Waals surface area contributed by atoms with Crippen LogP contribution in [-0.4, -0.2) is 45.9 Å². The monoisotopic (exact) mass is 395 g/mol. The minimum Gasteiger partial charge on any atom is -0.437 e. The lowest BCUT2D eigenvalue weighted by molar-refractivity contribution is -0.0264. The van der Waals surface area contributed by atoms with Gasteiger partial charge in [-0.15, -0.1) is 0 Å². The topological polar surface area (TPSA) is 49.6 Å². The summed E-state index contributed by atoms with van der Waals surface area (Å²) in [6.45, 7) is 9.56. The Bertz CT molecular complexity index is 831. The molecule has 0 radical (unpaired) electrons. The molecule has 0 N–H and O–H groups in total. The Morgan fingerprint density at radius 1 is 1.10 bits per heavy atom. The van der Waals surface area contributed by atoms with Crippen LogP contribution in [0.4, 0.5) is 0 Å². The van der Waals surface area contributed by atoms with Crippen molar-refractivity contribution in [3.05, 3.63) is 53.7 Å². The number of oxazole rings is 1. The number of nitrogens with zero attached hydrogens (tertiary/aromatic N) is 3. The van der Waals surface area contributed by atoms with E-state index in [0.717, 1.165) is 44.8 Å². The van der Waals surface area contributed by atoms with Crippen LogP contribution in [0.5, 0.6) is 0 Å². The van der Waals surface area contributed by atoms with E-state index in [4.69, 9.17) is 4.42 Å². The largest absolute Gasteiger partial charge is 0.437 e. The molecule has 1 aromatic carbocycles. The van der Waals surface area contributed by atoms with Crippen LogP contribution >= 0.6 is 0 Å². The van der Waals surface area contributed by atoms with Crippen molar-refractivity contribution in [3.8, 4) is 0 Å². The van der Waals surface area contributed by atoms with E-state index in [1.807, 2.05) is 4.90 Å². The summed E-state index contributed by atoms with van der Waals surface area (Å²) >= 11 is 0. The predicted octanol–water partition coefficient (Wildman–Crippen LogP) is 4.63. The maximum absolute atomic E-state index is 13.2. The second-order valence-corrected chi connectivity index (χ2v) is 9.70. The number of carbonyl (C=O) groups is 1. The molecule has 0 atom stereocenters. The van der Waals surface area contributed by atoms with E-state index in [1.54, 1.807) is 6.20 Å². The van der Waals surface area contributed by atoms with E-state index in [2.05, 4.69) is 61.0 Å². The van der Waals surface area contributed by atoms with Crippen molar-refractivity contribution in [1.29, 1.82) is 0 Å². The summed E-state index contributed by atoms with van der Waals surface area (Å²) in [5.74, 6) is 0.929. The minimum atomic E-state index is -0.148. The Labute approximate surface area is 174 Å². The van der Waals surface area contributed by atoms with Gasteiger partial charge in [0.2, 0.25) is 0 Å².